The van der Waals surface area contributed by atoms with Gasteiger partial charge >= 0.3 is 0 Å². The molecule has 1 aliphatic heterocycles. The van der Waals surface area contributed by atoms with Gasteiger partial charge in [0, 0.05) is 23.5 Å². The fourth-order valence-corrected chi connectivity index (χ4v) is 5.63. The van der Waals surface area contributed by atoms with E-state index in [2.05, 4.69) is 15.3 Å². The molecular weight excluding hydrogens is 530 g/mol. The molecule has 2 amide bonds. The van der Waals surface area contributed by atoms with Crippen LogP contribution in [0.2, 0.25) is 10.0 Å². The minimum Gasteiger partial charge on any atom is -0.347 e. The summed E-state index contributed by atoms with van der Waals surface area (Å²) in [5.74, 6) is 0.663. The number of H-pyrrole nitrogens is 1. The highest BCUT2D eigenvalue weighted by Crippen LogP contribution is 2.27. The molecular formula is C27H33Cl2N4O3P. The second-order valence-corrected chi connectivity index (χ2v) is 11.5. The average molecular weight is 563 g/mol. The summed E-state index contributed by atoms with van der Waals surface area (Å²) in [7, 11) is 0.306. The minimum absolute atomic E-state index is 0.0116. The molecule has 2 aromatic carbocycles. The average Bonchev–Trinajstić information content (AvgIpc) is 3.48. The van der Waals surface area contributed by atoms with Crippen molar-refractivity contribution in [2.45, 2.75) is 59.0 Å². The molecule has 3 unspecified atom stereocenters. The van der Waals surface area contributed by atoms with E-state index in [0.29, 0.717) is 25.2 Å². The molecule has 2 N–H and O–H groups in total. The predicted molar refractivity (Wildman–Crippen MR) is 152 cm³/mol. The number of likely N-dealkylation sites (tertiary alicyclic amines) is 1. The maximum absolute atomic E-state index is 12.5. The van der Waals surface area contributed by atoms with Crippen molar-refractivity contribution in [3.05, 3.63) is 63.4 Å². The molecule has 198 valence electrons. The van der Waals surface area contributed by atoms with E-state index in [-0.39, 0.29) is 35.8 Å². The Balaban J connectivity index is 0.000000213. The van der Waals surface area contributed by atoms with Crippen molar-refractivity contribution in [2.24, 2.45) is 0 Å². The standard InChI is InChI=1S/C16H21ClNO2P.C11H12ClN3O/c1-3-21-16(20)14-5-4-8-18(14)15(19)10-12-7-6-11(2)9-13(12)17;1-6(13-7(2)16)11-14-9-4-3-8(12)5-10(9)15-11/h6-7,9,14,21H,3-5,8,10H2,1-2H3;3-6H,1-2H3,(H,13,16)(H,14,15). The molecule has 0 bridgehead atoms. The lowest BCUT2D eigenvalue weighted by Gasteiger charge is -2.24. The summed E-state index contributed by atoms with van der Waals surface area (Å²) in [6.07, 6.45) is 2.86. The normalized spacial score (nSPS) is 16.1. The Morgan fingerprint density at radius 2 is 1.97 bits per heavy atom. The second-order valence-electron chi connectivity index (χ2n) is 9.12. The quantitative estimate of drug-likeness (QED) is 0.354. The van der Waals surface area contributed by atoms with Crippen molar-refractivity contribution in [1.29, 1.82) is 0 Å². The molecule has 1 aliphatic rings. The Hall–Kier alpha value is -2.47. The van der Waals surface area contributed by atoms with Crippen LogP contribution in [0.3, 0.4) is 0 Å². The predicted octanol–water partition coefficient (Wildman–Crippen LogP) is 5.82. The van der Waals surface area contributed by atoms with Crippen molar-refractivity contribution >= 4 is 60.2 Å². The van der Waals surface area contributed by atoms with Crippen LogP contribution in [0.25, 0.3) is 11.0 Å². The van der Waals surface area contributed by atoms with Crippen LogP contribution in [0, 0.1) is 6.92 Å². The van der Waals surface area contributed by atoms with Crippen LogP contribution in [0.15, 0.2) is 36.4 Å². The number of rotatable bonds is 7. The lowest BCUT2D eigenvalue weighted by molar-refractivity contribution is -0.134. The number of carbonyl (C=O) groups excluding carboxylic acids is 3. The van der Waals surface area contributed by atoms with E-state index in [0.717, 1.165) is 47.0 Å². The van der Waals surface area contributed by atoms with Gasteiger partial charge in [-0.15, -0.1) is 0 Å². The summed E-state index contributed by atoms with van der Waals surface area (Å²) in [6, 6.07) is 10.8. The van der Waals surface area contributed by atoms with E-state index in [1.807, 2.05) is 51.1 Å². The molecule has 10 heteroatoms. The van der Waals surface area contributed by atoms with E-state index < -0.39 is 0 Å². The first-order chi connectivity index (χ1) is 17.6. The second kappa shape index (κ2) is 13.4. The third kappa shape index (κ3) is 8.00. The van der Waals surface area contributed by atoms with Gasteiger partial charge in [-0.25, -0.2) is 4.98 Å². The van der Waals surface area contributed by atoms with Gasteiger partial charge < -0.3 is 15.2 Å². The number of nitrogens with one attached hydrogen (secondary N) is 2. The van der Waals surface area contributed by atoms with Crippen LogP contribution >= 0.6 is 31.8 Å². The number of hydrogen-bond donors (Lipinski definition) is 2. The van der Waals surface area contributed by atoms with E-state index in [1.54, 1.807) is 11.0 Å². The van der Waals surface area contributed by atoms with Gasteiger partial charge in [-0.2, -0.15) is 0 Å². The number of aryl methyl sites for hydroxylation is 1. The summed E-state index contributed by atoms with van der Waals surface area (Å²) in [6.45, 7) is 8.02. The topological polar surface area (TPSA) is 95.2 Å². The number of halogens is 2. The van der Waals surface area contributed by atoms with Gasteiger partial charge in [-0.3, -0.25) is 14.4 Å². The Labute approximate surface area is 229 Å². The third-order valence-electron chi connectivity index (χ3n) is 6.07. The van der Waals surface area contributed by atoms with Crippen LogP contribution < -0.4 is 5.32 Å². The maximum atomic E-state index is 12.5. The lowest BCUT2D eigenvalue weighted by Crippen LogP contribution is -2.40. The van der Waals surface area contributed by atoms with Gasteiger partial charge in [0.25, 0.3) is 0 Å². The summed E-state index contributed by atoms with van der Waals surface area (Å²) in [4.78, 5) is 44.8. The highest BCUT2D eigenvalue weighted by molar-refractivity contribution is 7.58. The summed E-state index contributed by atoms with van der Waals surface area (Å²) in [5, 5.41) is 4.06. The zero-order valence-electron chi connectivity index (χ0n) is 21.5. The number of carbonyl (C=O) groups is 3. The van der Waals surface area contributed by atoms with Crippen LogP contribution in [-0.4, -0.2) is 51.0 Å². The Kier molecular flexibility index (Phi) is 10.5. The molecule has 0 radical (unpaired) electrons. The number of aromatic nitrogens is 2. The molecule has 3 aromatic rings. The summed E-state index contributed by atoms with van der Waals surface area (Å²) >= 11 is 12.1. The van der Waals surface area contributed by atoms with Gasteiger partial charge in [0.05, 0.1) is 29.5 Å². The smallest absolute Gasteiger partial charge is 0.227 e. The van der Waals surface area contributed by atoms with Crippen molar-refractivity contribution in [3.63, 3.8) is 0 Å². The van der Waals surface area contributed by atoms with Gasteiger partial charge in [-0.05, 0) is 76.8 Å². The fraction of sp³-hybridized carbons (Fsp3) is 0.407. The first kappa shape index (κ1) is 29.1. The van der Waals surface area contributed by atoms with Gasteiger partial charge in [0.15, 0.2) is 5.52 Å². The van der Waals surface area contributed by atoms with Crippen LogP contribution in [0.5, 0.6) is 0 Å². The lowest BCUT2D eigenvalue weighted by atomic mass is 10.1. The molecule has 1 aromatic heterocycles. The molecule has 2 heterocycles. The highest BCUT2D eigenvalue weighted by atomic mass is 35.5. The Bertz CT molecular complexity index is 1280. The van der Waals surface area contributed by atoms with Crippen molar-refractivity contribution in [3.8, 4) is 0 Å². The molecule has 4 rings (SSSR count). The van der Waals surface area contributed by atoms with Crippen LogP contribution in [0.4, 0.5) is 0 Å². The van der Waals surface area contributed by atoms with Crippen molar-refractivity contribution in [1.82, 2.24) is 20.2 Å². The number of amides is 2. The molecule has 0 aliphatic carbocycles. The number of aromatic amines is 1. The first-order valence-electron chi connectivity index (χ1n) is 12.3. The molecule has 3 atom stereocenters. The highest BCUT2D eigenvalue weighted by Gasteiger charge is 2.33. The zero-order chi connectivity index (χ0) is 27.1. The Morgan fingerprint density at radius 1 is 1.22 bits per heavy atom. The molecule has 0 saturated carbocycles. The summed E-state index contributed by atoms with van der Waals surface area (Å²) < 4.78 is 0. The third-order valence-corrected chi connectivity index (χ3v) is 7.69. The van der Waals surface area contributed by atoms with Crippen LogP contribution in [0.1, 0.15) is 56.6 Å². The number of fused-ring (bicyclic) bond motifs is 1. The molecule has 1 fully saturated rings. The van der Waals surface area contributed by atoms with Crippen molar-refractivity contribution < 1.29 is 14.4 Å². The minimum atomic E-state index is -0.208. The van der Waals surface area contributed by atoms with E-state index in [1.165, 1.54) is 6.92 Å². The van der Waals surface area contributed by atoms with Gasteiger partial charge in [0.2, 0.25) is 11.8 Å². The van der Waals surface area contributed by atoms with E-state index >= 15 is 0 Å². The van der Waals surface area contributed by atoms with Crippen molar-refractivity contribution in [2.75, 3.05) is 12.7 Å². The number of imidazole rings is 1. The SMILES string of the molecule is CC(=O)NC(C)c1nc2ccc(Cl)cc2[nH]1.CCPC(=O)C1CCCN1C(=O)Cc1ccc(C)cc1Cl. The Morgan fingerprint density at radius 3 is 2.65 bits per heavy atom. The zero-order valence-corrected chi connectivity index (χ0v) is 24.0. The number of hydrogen-bond acceptors (Lipinski definition) is 4. The molecule has 0 spiro atoms. The first-order valence-corrected chi connectivity index (χ1v) is 14.3. The largest absolute Gasteiger partial charge is 0.347 e. The van der Waals surface area contributed by atoms with Crippen LogP contribution in [-0.2, 0) is 20.8 Å². The van der Waals surface area contributed by atoms with Gasteiger partial charge in [0.1, 0.15) is 5.82 Å². The molecule has 1 saturated heterocycles. The molecule has 7 nitrogen and oxygen atoms in total. The van der Waals surface area contributed by atoms with Gasteiger partial charge in [-0.1, -0.05) is 42.3 Å². The molecule has 37 heavy (non-hydrogen) atoms. The maximum Gasteiger partial charge on any atom is 0.227 e. The van der Waals surface area contributed by atoms with E-state index in [9.17, 15) is 14.4 Å². The fourth-order valence-electron chi connectivity index (χ4n) is 4.27. The summed E-state index contributed by atoms with van der Waals surface area (Å²) in [5.41, 5.74) is 3.85. The number of nitrogens with zero attached hydrogens (tertiary/aromatic N) is 2. The monoisotopic (exact) mass is 562 g/mol. The van der Waals surface area contributed by atoms with E-state index in [4.69, 9.17) is 23.2 Å². The number of benzene rings is 2.